The van der Waals surface area contributed by atoms with Gasteiger partial charge in [0.1, 0.15) is 0 Å². The Morgan fingerprint density at radius 3 is 2.54 bits per heavy atom. The fraction of sp³-hybridized carbons (Fsp3) is 0.600. The fourth-order valence-corrected chi connectivity index (χ4v) is 3.57. The van der Waals surface area contributed by atoms with Crippen molar-refractivity contribution in [1.82, 2.24) is 13.9 Å². The highest BCUT2D eigenvalue weighted by molar-refractivity contribution is 7.87. The van der Waals surface area contributed by atoms with Gasteiger partial charge < -0.3 is 9.47 Å². The molecule has 2 aliphatic rings. The number of ether oxygens (including phenoxy) is 2. The molecule has 1 atom stereocenters. The summed E-state index contributed by atoms with van der Waals surface area (Å²) in [4.78, 5) is 2.32. The smallest absolute Gasteiger partial charge is 0.278 e. The molecule has 0 aliphatic carbocycles. The quantitative estimate of drug-likeness (QED) is 0.810. The molecule has 1 aromatic rings. The van der Waals surface area contributed by atoms with Gasteiger partial charge in [-0.1, -0.05) is 6.07 Å². The molecule has 3 rings (SSSR count). The fourth-order valence-electron chi connectivity index (χ4n) is 2.94. The minimum Gasteiger partial charge on any atom is -0.454 e. The molecular weight excluding hydrogens is 354 g/mol. The maximum Gasteiger partial charge on any atom is 0.278 e. The van der Waals surface area contributed by atoms with Crippen LogP contribution in [-0.2, 0) is 10.2 Å². The molecule has 0 saturated carbocycles. The molecule has 136 valence electrons. The van der Waals surface area contributed by atoms with E-state index in [4.69, 9.17) is 9.47 Å². The molecule has 9 heteroatoms. The van der Waals surface area contributed by atoms with Gasteiger partial charge in [0.05, 0.1) is 0 Å². The second-order valence-electron chi connectivity index (χ2n) is 6.01. The zero-order valence-electron chi connectivity index (χ0n) is 13.9. The zero-order valence-corrected chi connectivity index (χ0v) is 15.5. The molecule has 1 N–H and O–H groups in total. The van der Waals surface area contributed by atoms with E-state index in [2.05, 4.69) is 9.62 Å². The molecule has 1 saturated heterocycles. The van der Waals surface area contributed by atoms with Gasteiger partial charge >= 0.3 is 0 Å². The highest BCUT2D eigenvalue weighted by atomic mass is 35.5. The molecule has 1 fully saturated rings. The van der Waals surface area contributed by atoms with Gasteiger partial charge in [-0.05, 0) is 43.6 Å². The SMILES string of the molecule is CN(C)S(=O)(=O)NCC(c1ccc2c(c1)OCO2)N1CCCC1.Cl. The zero-order chi connectivity index (χ0) is 16.4. The summed E-state index contributed by atoms with van der Waals surface area (Å²) >= 11 is 0. The summed E-state index contributed by atoms with van der Waals surface area (Å²) in [5.41, 5.74) is 1.04. The van der Waals surface area contributed by atoms with Gasteiger partial charge in [0.25, 0.3) is 10.2 Å². The van der Waals surface area contributed by atoms with Gasteiger partial charge in [-0.25, -0.2) is 4.72 Å². The van der Waals surface area contributed by atoms with Crippen LogP contribution in [0.25, 0.3) is 0 Å². The number of nitrogens with one attached hydrogen (secondary N) is 1. The van der Waals surface area contributed by atoms with Crippen LogP contribution in [0.15, 0.2) is 18.2 Å². The van der Waals surface area contributed by atoms with E-state index in [1.54, 1.807) is 0 Å². The van der Waals surface area contributed by atoms with Gasteiger partial charge in [0.15, 0.2) is 11.5 Å². The first-order chi connectivity index (χ1) is 11.0. The molecule has 0 aromatic heterocycles. The lowest BCUT2D eigenvalue weighted by Crippen LogP contribution is -2.41. The lowest BCUT2D eigenvalue weighted by Gasteiger charge is -2.28. The molecule has 1 unspecified atom stereocenters. The number of fused-ring (bicyclic) bond motifs is 1. The Balaban J connectivity index is 0.00000208. The van der Waals surface area contributed by atoms with E-state index in [-0.39, 0.29) is 25.2 Å². The molecule has 2 heterocycles. The maximum absolute atomic E-state index is 12.0. The van der Waals surface area contributed by atoms with E-state index < -0.39 is 10.2 Å². The van der Waals surface area contributed by atoms with Crippen molar-refractivity contribution in [3.05, 3.63) is 23.8 Å². The van der Waals surface area contributed by atoms with Crippen molar-refractivity contribution in [2.24, 2.45) is 0 Å². The van der Waals surface area contributed by atoms with Crippen LogP contribution in [0.5, 0.6) is 11.5 Å². The summed E-state index contributed by atoms with van der Waals surface area (Å²) in [5, 5.41) is 0. The van der Waals surface area contributed by atoms with Crippen LogP contribution in [0.2, 0.25) is 0 Å². The van der Waals surface area contributed by atoms with Crippen LogP contribution in [0, 0.1) is 0 Å². The van der Waals surface area contributed by atoms with Crippen molar-refractivity contribution in [3.8, 4) is 11.5 Å². The van der Waals surface area contributed by atoms with Crippen molar-refractivity contribution < 1.29 is 17.9 Å². The van der Waals surface area contributed by atoms with Gasteiger partial charge in [-0.2, -0.15) is 12.7 Å². The summed E-state index contributed by atoms with van der Waals surface area (Å²) in [7, 11) is -0.398. The number of hydrogen-bond donors (Lipinski definition) is 1. The van der Waals surface area contributed by atoms with Crippen LogP contribution in [0.3, 0.4) is 0 Å². The molecule has 0 radical (unpaired) electrons. The number of hydrogen-bond acceptors (Lipinski definition) is 5. The van der Waals surface area contributed by atoms with Crippen LogP contribution in [0.4, 0.5) is 0 Å². The first-order valence-electron chi connectivity index (χ1n) is 7.78. The average Bonchev–Trinajstić information content (AvgIpc) is 3.18. The van der Waals surface area contributed by atoms with E-state index in [1.165, 1.54) is 18.4 Å². The van der Waals surface area contributed by atoms with Crippen LogP contribution in [0.1, 0.15) is 24.4 Å². The van der Waals surface area contributed by atoms with E-state index in [9.17, 15) is 8.42 Å². The molecule has 0 bridgehead atoms. The normalized spacial score (nSPS) is 18.6. The van der Waals surface area contributed by atoms with E-state index in [1.807, 2.05) is 18.2 Å². The largest absolute Gasteiger partial charge is 0.454 e. The topological polar surface area (TPSA) is 71.1 Å². The molecule has 1 aromatic carbocycles. The monoisotopic (exact) mass is 377 g/mol. The second-order valence-corrected chi connectivity index (χ2v) is 7.98. The summed E-state index contributed by atoms with van der Waals surface area (Å²) in [6.45, 7) is 2.52. The second kappa shape index (κ2) is 7.88. The van der Waals surface area contributed by atoms with Gasteiger partial charge in [0, 0.05) is 26.7 Å². The molecule has 0 amide bonds. The minimum atomic E-state index is -3.44. The highest BCUT2D eigenvalue weighted by Crippen LogP contribution is 2.36. The number of benzene rings is 1. The Morgan fingerprint density at radius 1 is 1.21 bits per heavy atom. The predicted molar refractivity (Wildman–Crippen MR) is 94.0 cm³/mol. The van der Waals surface area contributed by atoms with Crippen LogP contribution < -0.4 is 14.2 Å². The molecular formula is C15H24ClN3O4S. The third-order valence-corrected chi connectivity index (χ3v) is 5.80. The molecule has 24 heavy (non-hydrogen) atoms. The predicted octanol–water partition coefficient (Wildman–Crippen LogP) is 1.37. The first-order valence-corrected chi connectivity index (χ1v) is 9.22. The Morgan fingerprint density at radius 2 is 1.88 bits per heavy atom. The standard InChI is InChI=1S/C15H23N3O4S.ClH/c1-17(2)23(19,20)16-10-13(18-7-3-4-8-18)12-5-6-14-15(9-12)22-11-21-14;/h5-6,9,13,16H,3-4,7-8,10-11H2,1-2H3;1H. The van der Waals surface area contributed by atoms with Gasteiger partial charge in [-0.15, -0.1) is 12.4 Å². The van der Waals surface area contributed by atoms with Crippen LogP contribution >= 0.6 is 12.4 Å². The average molecular weight is 378 g/mol. The van der Waals surface area contributed by atoms with E-state index >= 15 is 0 Å². The lowest BCUT2D eigenvalue weighted by atomic mass is 10.1. The number of halogens is 1. The Labute approximate surface area is 149 Å². The minimum absolute atomic E-state index is 0. The Kier molecular flexibility index (Phi) is 6.33. The van der Waals surface area contributed by atoms with Crippen molar-refractivity contribution in [3.63, 3.8) is 0 Å². The molecule has 7 nitrogen and oxygen atoms in total. The lowest BCUT2D eigenvalue weighted by molar-refractivity contribution is 0.173. The number of rotatable bonds is 6. The summed E-state index contributed by atoms with van der Waals surface area (Å²) in [6, 6.07) is 5.82. The van der Waals surface area contributed by atoms with Crippen LogP contribution in [-0.4, -0.2) is 58.1 Å². The Hall–Kier alpha value is -1.06. The summed E-state index contributed by atoms with van der Waals surface area (Å²) in [6.07, 6.45) is 2.28. The van der Waals surface area contributed by atoms with Crippen molar-refractivity contribution in [1.29, 1.82) is 0 Å². The highest BCUT2D eigenvalue weighted by Gasteiger charge is 2.27. The number of likely N-dealkylation sites (tertiary alicyclic amines) is 1. The molecule has 0 spiro atoms. The summed E-state index contributed by atoms with van der Waals surface area (Å²) in [5.74, 6) is 1.46. The van der Waals surface area contributed by atoms with E-state index in [0.29, 0.717) is 6.54 Å². The third-order valence-electron chi connectivity index (χ3n) is 4.30. The third kappa shape index (κ3) is 4.12. The summed E-state index contributed by atoms with van der Waals surface area (Å²) < 4.78 is 38.7. The molecule has 2 aliphatic heterocycles. The van der Waals surface area contributed by atoms with Crippen molar-refractivity contribution in [2.75, 3.05) is 40.5 Å². The van der Waals surface area contributed by atoms with E-state index in [0.717, 1.165) is 43.0 Å². The van der Waals surface area contributed by atoms with Gasteiger partial charge in [0.2, 0.25) is 6.79 Å². The van der Waals surface area contributed by atoms with Crippen molar-refractivity contribution in [2.45, 2.75) is 18.9 Å². The first kappa shape index (κ1) is 19.3. The maximum atomic E-state index is 12.0. The van der Waals surface area contributed by atoms with Gasteiger partial charge in [-0.3, -0.25) is 4.90 Å². The number of nitrogens with zero attached hydrogens (tertiary/aromatic N) is 2. The van der Waals surface area contributed by atoms with Crippen molar-refractivity contribution >= 4 is 22.6 Å². The Bertz CT molecular complexity index is 663.